The molecule has 21 heavy (non-hydrogen) atoms. The van der Waals surface area contributed by atoms with Crippen LogP contribution in [0.3, 0.4) is 0 Å². The van der Waals surface area contributed by atoms with Crippen LogP contribution in [0.25, 0.3) is 0 Å². The number of benzene rings is 1. The van der Waals surface area contributed by atoms with Crippen LogP contribution in [0.4, 0.5) is 0 Å². The van der Waals surface area contributed by atoms with E-state index in [9.17, 15) is 0 Å². The second-order valence-electron chi connectivity index (χ2n) is 5.22. The summed E-state index contributed by atoms with van der Waals surface area (Å²) in [6.45, 7) is 7.33. The molecule has 0 aliphatic heterocycles. The Kier molecular flexibility index (Phi) is 5.68. The third-order valence-electron chi connectivity index (χ3n) is 3.51. The number of thiophene rings is 1. The van der Waals surface area contributed by atoms with E-state index in [4.69, 9.17) is 16.3 Å². The van der Waals surface area contributed by atoms with Crippen LogP contribution < -0.4 is 10.1 Å². The van der Waals surface area contributed by atoms with Gasteiger partial charge in [0.1, 0.15) is 5.75 Å². The summed E-state index contributed by atoms with van der Waals surface area (Å²) in [7, 11) is 1.73. The molecule has 2 aromatic rings. The fourth-order valence-corrected chi connectivity index (χ4v) is 3.85. The number of halogens is 1. The van der Waals surface area contributed by atoms with Crippen LogP contribution in [-0.2, 0) is 0 Å². The Morgan fingerprint density at radius 3 is 2.67 bits per heavy atom. The zero-order valence-corrected chi connectivity index (χ0v) is 14.6. The molecule has 2 nitrogen and oxygen atoms in total. The summed E-state index contributed by atoms with van der Waals surface area (Å²) >= 11 is 8.06. The lowest BCUT2D eigenvalue weighted by molar-refractivity contribution is 0.403. The lowest BCUT2D eigenvalue weighted by Crippen LogP contribution is -2.24. The Balaban J connectivity index is 2.54. The van der Waals surface area contributed by atoms with Gasteiger partial charge in [-0.1, -0.05) is 24.6 Å². The highest BCUT2D eigenvalue weighted by molar-refractivity contribution is 7.10. The van der Waals surface area contributed by atoms with Crippen LogP contribution >= 0.6 is 22.9 Å². The maximum atomic E-state index is 6.37. The second kappa shape index (κ2) is 7.30. The Morgan fingerprint density at radius 1 is 1.33 bits per heavy atom. The number of ether oxygens (including phenoxy) is 1. The first-order valence-electron chi connectivity index (χ1n) is 7.19. The average molecular weight is 324 g/mol. The highest BCUT2D eigenvalue weighted by Gasteiger charge is 2.23. The molecular formula is C17H22ClNOS. The molecule has 2 rings (SSSR count). The highest BCUT2D eigenvalue weighted by Crippen LogP contribution is 2.39. The normalized spacial score (nSPS) is 12.4. The van der Waals surface area contributed by atoms with Crippen LogP contribution in [0.15, 0.2) is 23.6 Å². The van der Waals surface area contributed by atoms with Crippen molar-refractivity contribution in [3.05, 3.63) is 50.2 Å². The van der Waals surface area contributed by atoms with Crippen molar-refractivity contribution in [3.8, 4) is 5.75 Å². The molecule has 1 N–H and O–H groups in total. The van der Waals surface area contributed by atoms with Gasteiger partial charge in [0.25, 0.3) is 0 Å². The van der Waals surface area contributed by atoms with E-state index in [-0.39, 0.29) is 6.04 Å². The summed E-state index contributed by atoms with van der Waals surface area (Å²) in [6, 6.07) is 6.32. The Bertz CT molecular complexity index is 609. The predicted octanol–water partition coefficient (Wildman–Crippen LogP) is 5.12. The summed E-state index contributed by atoms with van der Waals surface area (Å²) in [5.74, 6) is 0.922. The third-order valence-corrected chi connectivity index (χ3v) is 4.93. The minimum atomic E-state index is 0.0769. The summed E-state index contributed by atoms with van der Waals surface area (Å²) in [5, 5.41) is 6.46. The zero-order chi connectivity index (χ0) is 15.4. The van der Waals surface area contributed by atoms with E-state index in [0.29, 0.717) is 0 Å². The van der Waals surface area contributed by atoms with Crippen LogP contribution in [0.5, 0.6) is 5.75 Å². The first-order chi connectivity index (χ1) is 10.1. The molecule has 0 radical (unpaired) electrons. The second-order valence-corrected chi connectivity index (χ2v) is 6.57. The quantitative estimate of drug-likeness (QED) is 0.797. The van der Waals surface area contributed by atoms with Crippen molar-refractivity contribution in [1.29, 1.82) is 0 Å². The predicted molar refractivity (Wildman–Crippen MR) is 91.9 cm³/mol. The van der Waals surface area contributed by atoms with E-state index in [1.807, 2.05) is 11.4 Å². The molecule has 114 valence electrons. The molecule has 0 aliphatic rings. The molecular weight excluding hydrogens is 302 g/mol. The summed E-state index contributed by atoms with van der Waals surface area (Å²) < 4.78 is 5.63. The molecule has 4 heteroatoms. The van der Waals surface area contributed by atoms with Crippen molar-refractivity contribution in [2.75, 3.05) is 13.7 Å². The number of methoxy groups -OCH3 is 1. The number of rotatable bonds is 6. The van der Waals surface area contributed by atoms with Gasteiger partial charge in [-0.15, -0.1) is 11.3 Å². The summed E-state index contributed by atoms with van der Waals surface area (Å²) in [5.41, 5.74) is 3.62. The number of hydrogen-bond donors (Lipinski definition) is 1. The first kappa shape index (κ1) is 16.3. The fourth-order valence-electron chi connectivity index (χ4n) is 2.60. The van der Waals surface area contributed by atoms with Crippen molar-refractivity contribution in [2.45, 2.75) is 33.2 Å². The minimum Gasteiger partial charge on any atom is -0.496 e. The summed E-state index contributed by atoms with van der Waals surface area (Å²) in [4.78, 5) is 1.15. The monoisotopic (exact) mass is 323 g/mol. The zero-order valence-electron chi connectivity index (χ0n) is 13.0. The minimum absolute atomic E-state index is 0.0769. The Morgan fingerprint density at radius 2 is 2.10 bits per heavy atom. The SMILES string of the molecule is CCCNC(c1sccc1Cl)c1c(C)cc(C)cc1OC. The fraction of sp³-hybridized carbons (Fsp3) is 0.412. The molecule has 0 fully saturated rings. The molecule has 0 spiro atoms. The number of nitrogens with one attached hydrogen (secondary N) is 1. The highest BCUT2D eigenvalue weighted by atomic mass is 35.5. The van der Waals surface area contributed by atoms with Gasteiger partial charge in [0.05, 0.1) is 18.2 Å². The van der Waals surface area contributed by atoms with Gasteiger partial charge >= 0.3 is 0 Å². The van der Waals surface area contributed by atoms with Crippen molar-refractivity contribution in [2.24, 2.45) is 0 Å². The first-order valence-corrected chi connectivity index (χ1v) is 8.45. The lowest BCUT2D eigenvalue weighted by atomic mass is 9.96. The summed E-state index contributed by atoms with van der Waals surface area (Å²) in [6.07, 6.45) is 1.08. The Hall–Kier alpha value is -1.03. The van der Waals surface area contributed by atoms with Crippen molar-refractivity contribution >= 4 is 22.9 Å². The van der Waals surface area contributed by atoms with Crippen LogP contribution in [-0.4, -0.2) is 13.7 Å². The van der Waals surface area contributed by atoms with Crippen LogP contribution in [0.1, 0.15) is 41.0 Å². The van der Waals surface area contributed by atoms with Gasteiger partial charge < -0.3 is 10.1 Å². The number of hydrogen-bond acceptors (Lipinski definition) is 3. The molecule has 1 heterocycles. The smallest absolute Gasteiger partial charge is 0.124 e. The van der Waals surface area contributed by atoms with Gasteiger partial charge in [-0.2, -0.15) is 0 Å². The largest absolute Gasteiger partial charge is 0.496 e. The van der Waals surface area contributed by atoms with Gasteiger partial charge in [0.2, 0.25) is 0 Å². The van der Waals surface area contributed by atoms with Crippen molar-refractivity contribution < 1.29 is 4.74 Å². The van der Waals surface area contributed by atoms with E-state index < -0.39 is 0 Å². The molecule has 0 amide bonds. The third kappa shape index (κ3) is 3.60. The molecule has 0 saturated heterocycles. The van der Waals surface area contributed by atoms with Gasteiger partial charge in [0, 0.05) is 10.4 Å². The van der Waals surface area contributed by atoms with Gasteiger partial charge in [0.15, 0.2) is 0 Å². The molecule has 0 aliphatic carbocycles. The topological polar surface area (TPSA) is 21.3 Å². The van der Waals surface area contributed by atoms with E-state index in [0.717, 1.165) is 28.6 Å². The molecule has 1 aromatic heterocycles. The van der Waals surface area contributed by atoms with E-state index >= 15 is 0 Å². The standard InChI is InChI=1S/C17H22ClNOS/c1-5-7-19-16(17-13(18)6-8-21-17)15-12(3)9-11(2)10-14(15)20-4/h6,8-10,16,19H,5,7H2,1-4H3. The molecule has 0 bridgehead atoms. The van der Waals surface area contributed by atoms with E-state index in [1.54, 1.807) is 18.4 Å². The molecule has 1 aromatic carbocycles. The van der Waals surface area contributed by atoms with Crippen LogP contribution in [0, 0.1) is 13.8 Å². The van der Waals surface area contributed by atoms with Gasteiger partial charge in [-0.3, -0.25) is 0 Å². The number of aryl methyl sites for hydroxylation is 2. The molecule has 1 atom stereocenters. The van der Waals surface area contributed by atoms with Crippen LogP contribution in [0.2, 0.25) is 5.02 Å². The maximum Gasteiger partial charge on any atom is 0.124 e. The average Bonchev–Trinajstić information content (AvgIpc) is 2.86. The van der Waals surface area contributed by atoms with Crippen molar-refractivity contribution in [1.82, 2.24) is 5.32 Å². The molecule has 0 saturated carbocycles. The lowest BCUT2D eigenvalue weighted by Gasteiger charge is -2.23. The van der Waals surface area contributed by atoms with Gasteiger partial charge in [-0.05, 0) is 55.5 Å². The maximum absolute atomic E-state index is 6.37. The van der Waals surface area contributed by atoms with Gasteiger partial charge in [-0.25, -0.2) is 0 Å². The van der Waals surface area contributed by atoms with E-state index in [2.05, 4.69) is 38.2 Å². The Labute approximate surface area is 136 Å². The molecule has 1 unspecified atom stereocenters. The van der Waals surface area contributed by atoms with Crippen molar-refractivity contribution in [3.63, 3.8) is 0 Å². The van der Waals surface area contributed by atoms with E-state index in [1.165, 1.54) is 16.7 Å².